The third kappa shape index (κ3) is 4.21. The molecule has 2 aliphatic rings. The number of nitrogens with one attached hydrogen (secondary N) is 1. The van der Waals surface area contributed by atoms with Crippen LogP contribution in [0.3, 0.4) is 0 Å². The van der Waals surface area contributed by atoms with Gasteiger partial charge >= 0.3 is 0 Å². The molecule has 2 heterocycles. The van der Waals surface area contributed by atoms with Gasteiger partial charge in [0.1, 0.15) is 5.75 Å². The minimum absolute atomic E-state index is 0.153. The number of piperidine rings is 1. The second-order valence-corrected chi connectivity index (χ2v) is 8.67. The van der Waals surface area contributed by atoms with Crippen molar-refractivity contribution in [3.05, 3.63) is 58.1 Å². The Labute approximate surface area is 177 Å². The van der Waals surface area contributed by atoms with Gasteiger partial charge in [-0.2, -0.15) is 0 Å². The Morgan fingerprint density at radius 2 is 1.97 bits per heavy atom. The summed E-state index contributed by atoms with van der Waals surface area (Å²) in [4.78, 5) is 15.5. The number of carbonyl (C=O) groups is 1. The molecular weight excluding hydrogens is 386 g/mol. The number of benzene rings is 2. The topological polar surface area (TPSA) is 67.6 Å². The Balaban J connectivity index is 1.43. The van der Waals surface area contributed by atoms with Gasteiger partial charge < -0.3 is 15.8 Å². The van der Waals surface area contributed by atoms with E-state index in [0.29, 0.717) is 34.1 Å². The normalized spacial score (nSPS) is 23.8. The van der Waals surface area contributed by atoms with Gasteiger partial charge in [0, 0.05) is 30.7 Å². The molecule has 2 bridgehead atoms. The van der Waals surface area contributed by atoms with E-state index in [2.05, 4.69) is 41.4 Å². The molecule has 0 spiro atoms. The summed E-state index contributed by atoms with van der Waals surface area (Å²) in [7, 11) is 1.53. The van der Waals surface area contributed by atoms with Crippen LogP contribution in [0.1, 0.15) is 47.2 Å². The zero-order chi connectivity index (χ0) is 20.5. The van der Waals surface area contributed by atoms with Crippen LogP contribution in [-0.2, 0) is 6.54 Å². The van der Waals surface area contributed by atoms with E-state index in [9.17, 15) is 4.79 Å². The minimum atomic E-state index is -0.153. The molecule has 2 unspecified atom stereocenters. The molecule has 29 heavy (non-hydrogen) atoms. The third-order valence-corrected chi connectivity index (χ3v) is 6.56. The lowest BCUT2D eigenvalue weighted by molar-refractivity contribution is 0.0825. The number of fused-ring (bicyclic) bond motifs is 2. The summed E-state index contributed by atoms with van der Waals surface area (Å²) >= 11 is 6.13. The van der Waals surface area contributed by atoms with Crippen molar-refractivity contribution in [1.82, 2.24) is 10.2 Å². The Bertz CT molecular complexity index is 903. The lowest BCUT2D eigenvalue weighted by Gasteiger charge is -2.39. The second kappa shape index (κ2) is 8.25. The fourth-order valence-electron chi connectivity index (χ4n) is 4.85. The monoisotopic (exact) mass is 413 g/mol. The average molecular weight is 414 g/mol. The lowest BCUT2D eigenvalue weighted by atomic mass is 9.96. The van der Waals surface area contributed by atoms with Gasteiger partial charge in [0.25, 0.3) is 5.91 Å². The number of nitrogen functional groups attached to an aromatic ring is 1. The van der Waals surface area contributed by atoms with Crippen molar-refractivity contribution >= 4 is 23.2 Å². The third-order valence-electron chi connectivity index (χ3n) is 6.23. The summed E-state index contributed by atoms with van der Waals surface area (Å²) < 4.78 is 5.33. The molecular formula is C23H28ClN3O2. The molecule has 2 saturated heterocycles. The van der Waals surface area contributed by atoms with Crippen molar-refractivity contribution in [3.8, 4) is 5.75 Å². The number of halogens is 1. The van der Waals surface area contributed by atoms with E-state index in [-0.39, 0.29) is 11.9 Å². The summed E-state index contributed by atoms with van der Waals surface area (Å²) in [6.45, 7) is 3.12. The molecule has 6 heteroatoms. The van der Waals surface area contributed by atoms with Gasteiger partial charge in [-0.3, -0.25) is 9.69 Å². The Morgan fingerprint density at radius 3 is 2.62 bits per heavy atom. The SMILES string of the molecule is COc1cc(N)c(Cl)cc1C(=O)NC1CC2CCC(C1)N2Cc1cccc(C)c1. The number of hydrogen-bond acceptors (Lipinski definition) is 4. The molecule has 2 atom stereocenters. The predicted molar refractivity (Wildman–Crippen MR) is 116 cm³/mol. The number of nitrogens with zero attached hydrogens (tertiary/aromatic N) is 1. The Morgan fingerprint density at radius 1 is 1.24 bits per heavy atom. The summed E-state index contributed by atoms with van der Waals surface area (Å²) in [5.74, 6) is 0.296. The number of hydrogen-bond donors (Lipinski definition) is 2. The quantitative estimate of drug-likeness (QED) is 0.722. The molecule has 1 amide bonds. The molecule has 4 rings (SSSR count). The summed E-state index contributed by atoms with van der Waals surface area (Å²) in [6.07, 6.45) is 4.33. The molecule has 2 aromatic carbocycles. The number of rotatable bonds is 5. The fraction of sp³-hybridized carbons (Fsp3) is 0.435. The number of nitrogens with two attached hydrogens (primary N) is 1. The van der Waals surface area contributed by atoms with Crippen LogP contribution in [0.4, 0.5) is 5.69 Å². The summed E-state index contributed by atoms with van der Waals surface area (Å²) in [6, 6.07) is 13.1. The Hall–Kier alpha value is -2.24. The maximum absolute atomic E-state index is 12.9. The first-order valence-electron chi connectivity index (χ1n) is 10.2. The first-order valence-corrected chi connectivity index (χ1v) is 10.6. The molecule has 2 fully saturated rings. The number of ether oxygens (including phenoxy) is 1. The van der Waals surface area contributed by atoms with E-state index < -0.39 is 0 Å². The standard InChI is InChI=1S/C23H28ClN3O2/c1-14-4-3-5-15(8-14)13-27-17-6-7-18(27)10-16(9-17)26-23(28)19-11-20(24)21(25)12-22(19)29-2/h3-5,8,11-12,16-18H,6-7,9-10,13,25H2,1-2H3,(H,26,28). The van der Waals surface area contributed by atoms with Gasteiger partial charge in [0.05, 0.1) is 23.4 Å². The van der Waals surface area contributed by atoms with Crippen LogP contribution in [0, 0.1) is 6.92 Å². The van der Waals surface area contributed by atoms with Crippen molar-refractivity contribution in [3.63, 3.8) is 0 Å². The number of aryl methyl sites for hydroxylation is 1. The molecule has 0 saturated carbocycles. The summed E-state index contributed by atoms with van der Waals surface area (Å²) in [5.41, 5.74) is 9.34. The van der Waals surface area contributed by atoms with Crippen molar-refractivity contribution < 1.29 is 9.53 Å². The van der Waals surface area contributed by atoms with Gasteiger partial charge in [-0.15, -0.1) is 0 Å². The Kier molecular flexibility index (Phi) is 5.70. The van der Waals surface area contributed by atoms with E-state index in [4.69, 9.17) is 22.1 Å². The van der Waals surface area contributed by atoms with E-state index in [1.165, 1.54) is 31.1 Å². The van der Waals surface area contributed by atoms with Crippen LogP contribution in [0.25, 0.3) is 0 Å². The van der Waals surface area contributed by atoms with Gasteiger partial charge in [0.2, 0.25) is 0 Å². The molecule has 3 N–H and O–H groups in total. The van der Waals surface area contributed by atoms with Gasteiger partial charge in [-0.05, 0) is 44.2 Å². The second-order valence-electron chi connectivity index (χ2n) is 8.26. The van der Waals surface area contributed by atoms with Crippen molar-refractivity contribution in [2.75, 3.05) is 12.8 Å². The van der Waals surface area contributed by atoms with Crippen LogP contribution in [0.5, 0.6) is 5.75 Å². The highest BCUT2D eigenvalue weighted by molar-refractivity contribution is 6.33. The van der Waals surface area contributed by atoms with Crippen LogP contribution < -0.4 is 15.8 Å². The molecule has 2 aliphatic heterocycles. The molecule has 0 radical (unpaired) electrons. The van der Waals surface area contributed by atoms with E-state index >= 15 is 0 Å². The molecule has 0 aliphatic carbocycles. The van der Waals surface area contributed by atoms with Crippen LogP contribution in [0.15, 0.2) is 36.4 Å². The van der Waals surface area contributed by atoms with Gasteiger partial charge in [-0.1, -0.05) is 41.4 Å². The first kappa shape index (κ1) is 20.0. The van der Waals surface area contributed by atoms with Gasteiger partial charge in [0.15, 0.2) is 0 Å². The molecule has 5 nitrogen and oxygen atoms in total. The van der Waals surface area contributed by atoms with E-state index in [1.54, 1.807) is 12.1 Å². The number of amides is 1. The van der Waals surface area contributed by atoms with Crippen LogP contribution in [-0.4, -0.2) is 36.0 Å². The highest BCUT2D eigenvalue weighted by atomic mass is 35.5. The van der Waals surface area contributed by atoms with Crippen LogP contribution in [0.2, 0.25) is 5.02 Å². The minimum Gasteiger partial charge on any atom is -0.496 e. The van der Waals surface area contributed by atoms with Crippen LogP contribution >= 0.6 is 11.6 Å². The van der Waals surface area contributed by atoms with Gasteiger partial charge in [-0.25, -0.2) is 0 Å². The smallest absolute Gasteiger partial charge is 0.255 e. The number of carbonyl (C=O) groups excluding carboxylic acids is 1. The highest BCUT2D eigenvalue weighted by Crippen LogP contribution is 2.37. The predicted octanol–water partition coefficient (Wildman–Crippen LogP) is 4.16. The van der Waals surface area contributed by atoms with E-state index in [0.717, 1.165) is 19.4 Å². The number of anilines is 1. The number of methoxy groups -OCH3 is 1. The summed E-state index contributed by atoms with van der Waals surface area (Å²) in [5, 5.41) is 3.57. The molecule has 0 aromatic heterocycles. The first-order chi connectivity index (χ1) is 13.9. The molecule has 154 valence electrons. The fourth-order valence-corrected chi connectivity index (χ4v) is 5.01. The van der Waals surface area contributed by atoms with Crippen molar-refractivity contribution in [1.29, 1.82) is 0 Å². The van der Waals surface area contributed by atoms with Crippen molar-refractivity contribution in [2.45, 2.75) is 57.3 Å². The largest absolute Gasteiger partial charge is 0.496 e. The lowest BCUT2D eigenvalue weighted by Crippen LogP contribution is -2.50. The maximum atomic E-state index is 12.9. The average Bonchev–Trinajstić information content (AvgIpc) is 2.92. The van der Waals surface area contributed by atoms with Crippen molar-refractivity contribution in [2.24, 2.45) is 0 Å². The zero-order valence-corrected chi connectivity index (χ0v) is 17.7. The molecule has 2 aromatic rings. The highest BCUT2D eigenvalue weighted by Gasteiger charge is 2.41. The maximum Gasteiger partial charge on any atom is 0.255 e. The zero-order valence-electron chi connectivity index (χ0n) is 17.0. The van der Waals surface area contributed by atoms with E-state index in [1.807, 2.05) is 0 Å².